The number of ketones is 1. The van der Waals surface area contributed by atoms with Crippen LogP contribution in [-0.4, -0.2) is 20.5 Å². The highest BCUT2D eigenvalue weighted by molar-refractivity contribution is 6.30. The van der Waals surface area contributed by atoms with Crippen molar-refractivity contribution >= 4 is 17.4 Å². The Kier molecular flexibility index (Phi) is 3.19. The number of aromatic nitrogens is 3. The van der Waals surface area contributed by atoms with Crippen molar-refractivity contribution in [2.45, 2.75) is 6.42 Å². The number of halogens is 2. The molecule has 4 nitrogen and oxygen atoms in total. The number of hydrogen-bond donors (Lipinski definition) is 0. The van der Waals surface area contributed by atoms with Gasteiger partial charge in [0, 0.05) is 12.6 Å². The molecule has 0 aliphatic heterocycles. The van der Waals surface area contributed by atoms with Gasteiger partial charge in [0.15, 0.2) is 5.78 Å². The lowest BCUT2D eigenvalue weighted by atomic mass is 10.1. The quantitative estimate of drug-likeness (QED) is 0.787. The zero-order chi connectivity index (χ0) is 12.4. The van der Waals surface area contributed by atoms with Gasteiger partial charge >= 0.3 is 0 Å². The van der Waals surface area contributed by atoms with Gasteiger partial charge in [0.25, 0.3) is 0 Å². The lowest BCUT2D eigenvalue weighted by Gasteiger charge is -2.02. The molecule has 17 heavy (non-hydrogen) atoms. The molecule has 0 N–H and O–H groups in total. The average Bonchev–Trinajstić information content (AvgIpc) is 2.68. The second-order valence-electron chi connectivity index (χ2n) is 3.53. The number of rotatable bonds is 3. The molecule has 0 saturated heterocycles. The topological polar surface area (TPSA) is 47.8 Å². The lowest BCUT2D eigenvalue weighted by molar-refractivity contribution is 0.0989. The van der Waals surface area contributed by atoms with Gasteiger partial charge in [-0.1, -0.05) is 11.6 Å². The summed E-state index contributed by atoms with van der Waals surface area (Å²) in [7, 11) is 1.69. The van der Waals surface area contributed by atoms with Crippen molar-refractivity contribution in [2.24, 2.45) is 7.05 Å². The highest BCUT2D eigenvalue weighted by Crippen LogP contribution is 2.16. The summed E-state index contributed by atoms with van der Waals surface area (Å²) in [5, 5.41) is 3.85. The van der Waals surface area contributed by atoms with Gasteiger partial charge in [-0.15, -0.1) is 0 Å². The predicted octanol–water partition coefficient (Wildman–Crippen LogP) is 2.03. The number of benzene rings is 1. The zero-order valence-electron chi connectivity index (χ0n) is 9.02. The van der Waals surface area contributed by atoms with E-state index in [1.54, 1.807) is 7.05 Å². The Morgan fingerprint density at radius 3 is 2.88 bits per heavy atom. The van der Waals surface area contributed by atoms with Crippen LogP contribution < -0.4 is 0 Å². The summed E-state index contributed by atoms with van der Waals surface area (Å²) in [5.74, 6) is -0.294. The minimum atomic E-state index is -0.601. The molecule has 2 aromatic rings. The molecule has 1 aromatic heterocycles. The SMILES string of the molecule is Cn1ncnc1CC(=O)c1ccc(Cl)c(F)c1. The van der Waals surface area contributed by atoms with Gasteiger partial charge in [0.1, 0.15) is 18.0 Å². The third-order valence-electron chi connectivity index (χ3n) is 2.37. The molecular weight excluding hydrogens is 245 g/mol. The van der Waals surface area contributed by atoms with Crippen molar-refractivity contribution in [2.75, 3.05) is 0 Å². The van der Waals surface area contributed by atoms with Gasteiger partial charge in [-0.3, -0.25) is 9.48 Å². The fourth-order valence-corrected chi connectivity index (χ4v) is 1.51. The highest BCUT2D eigenvalue weighted by atomic mass is 35.5. The van der Waals surface area contributed by atoms with Crippen molar-refractivity contribution in [3.63, 3.8) is 0 Å². The van der Waals surface area contributed by atoms with Crippen molar-refractivity contribution in [1.82, 2.24) is 14.8 Å². The van der Waals surface area contributed by atoms with E-state index in [1.807, 2.05) is 0 Å². The van der Waals surface area contributed by atoms with Crippen LogP contribution in [0.15, 0.2) is 24.5 Å². The summed E-state index contributed by atoms with van der Waals surface area (Å²) in [4.78, 5) is 15.8. The second kappa shape index (κ2) is 4.63. The molecule has 0 saturated carbocycles. The third kappa shape index (κ3) is 2.50. The van der Waals surface area contributed by atoms with Gasteiger partial charge in [-0.05, 0) is 18.2 Å². The number of carbonyl (C=O) groups is 1. The molecular formula is C11H9ClFN3O. The second-order valence-corrected chi connectivity index (χ2v) is 3.94. The van der Waals surface area contributed by atoms with Crippen LogP contribution in [0, 0.1) is 5.82 Å². The maximum atomic E-state index is 13.2. The molecule has 0 aliphatic rings. The molecule has 0 atom stereocenters. The summed E-state index contributed by atoms with van der Waals surface area (Å²) in [6.45, 7) is 0. The molecule has 0 fully saturated rings. The standard InChI is InChI=1S/C11H9ClFN3O/c1-16-11(14-6-15-16)5-10(17)7-2-3-8(12)9(13)4-7/h2-4,6H,5H2,1H3. The minimum Gasteiger partial charge on any atom is -0.294 e. The van der Waals surface area contributed by atoms with E-state index in [0.717, 1.165) is 6.07 Å². The Morgan fingerprint density at radius 1 is 1.53 bits per heavy atom. The molecule has 88 valence electrons. The van der Waals surface area contributed by atoms with E-state index >= 15 is 0 Å². The summed E-state index contributed by atoms with van der Waals surface area (Å²) in [6.07, 6.45) is 1.45. The van der Waals surface area contributed by atoms with Crippen LogP contribution in [-0.2, 0) is 13.5 Å². The summed E-state index contributed by atoms with van der Waals surface area (Å²) < 4.78 is 14.7. The highest BCUT2D eigenvalue weighted by Gasteiger charge is 2.12. The number of nitrogens with zero attached hydrogens (tertiary/aromatic N) is 3. The maximum absolute atomic E-state index is 13.2. The van der Waals surface area contributed by atoms with E-state index in [2.05, 4.69) is 10.1 Å². The lowest BCUT2D eigenvalue weighted by Crippen LogP contribution is -2.09. The van der Waals surface area contributed by atoms with Crippen LogP contribution in [0.1, 0.15) is 16.2 Å². The first kappa shape index (κ1) is 11.7. The van der Waals surface area contributed by atoms with Gasteiger partial charge in [0.05, 0.1) is 11.4 Å². The van der Waals surface area contributed by atoms with E-state index in [9.17, 15) is 9.18 Å². The summed E-state index contributed by atoms with van der Waals surface area (Å²) >= 11 is 5.54. The molecule has 1 heterocycles. The molecule has 0 amide bonds. The third-order valence-corrected chi connectivity index (χ3v) is 2.67. The molecule has 0 bridgehead atoms. The molecule has 0 unspecified atom stereocenters. The Balaban J connectivity index is 2.20. The van der Waals surface area contributed by atoms with Crippen molar-refractivity contribution in [3.8, 4) is 0 Å². The molecule has 0 radical (unpaired) electrons. The first-order chi connectivity index (χ1) is 8.08. The van der Waals surface area contributed by atoms with Gasteiger partial charge in [-0.2, -0.15) is 5.10 Å². The van der Waals surface area contributed by atoms with Gasteiger partial charge in [-0.25, -0.2) is 9.37 Å². The Hall–Kier alpha value is -1.75. The summed E-state index contributed by atoms with van der Waals surface area (Å²) in [6, 6.07) is 3.98. The maximum Gasteiger partial charge on any atom is 0.170 e. The molecule has 0 spiro atoms. The van der Waals surface area contributed by atoms with E-state index in [-0.39, 0.29) is 22.8 Å². The molecule has 2 rings (SSSR count). The molecule has 6 heteroatoms. The Morgan fingerprint density at radius 2 is 2.29 bits per heavy atom. The predicted molar refractivity (Wildman–Crippen MR) is 60.4 cm³/mol. The largest absolute Gasteiger partial charge is 0.294 e. The van der Waals surface area contributed by atoms with Crippen LogP contribution in [0.5, 0.6) is 0 Å². The van der Waals surface area contributed by atoms with Crippen molar-refractivity contribution in [3.05, 3.63) is 46.8 Å². The average molecular weight is 254 g/mol. The van der Waals surface area contributed by atoms with E-state index in [1.165, 1.54) is 23.1 Å². The van der Waals surface area contributed by atoms with E-state index in [4.69, 9.17) is 11.6 Å². The number of Topliss-reactive ketones (excluding diaryl/α,β-unsaturated/α-hetero) is 1. The number of hydrogen-bond acceptors (Lipinski definition) is 3. The molecule has 0 aliphatic carbocycles. The minimum absolute atomic E-state index is 0.000193. The first-order valence-electron chi connectivity index (χ1n) is 4.89. The fourth-order valence-electron chi connectivity index (χ4n) is 1.40. The zero-order valence-corrected chi connectivity index (χ0v) is 9.78. The van der Waals surface area contributed by atoms with E-state index in [0.29, 0.717) is 5.82 Å². The summed E-state index contributed by atoms with van der Waals surface area (Å²) in [5.41, 5.74) is 0.273. The van der Waals surface area contributed by atoms with Gasteiger partial charge in [0.2, 0.25) is 0 Å². The van der Waals surface area contributed by atoms with Crippen molar-refractivity contribution < 1.29 is 9.18 Å². The number of aryl methyl sites for hydroxylation is 1. The molecule has 1 aromatic carbocycles. The normalized spacial score (nSPS) is 10.5. The first-order valence-corrected chi connectivity index (χ1v) is 5.27. The van der Waals surface area contributed by atoms with E-state index < -0.39 is 5.82 Å². The Labute approximate surface area is 102 Å². The number of carbonyl (C=O) groups excluding carboxylic acids is 1. The van der Waals surface area contributed by atoms with Crippen LogP contribution >= 0.6 is 11.6 Å². The Bertz CT molecular complexity index is 568. The van der Waals surface area contributed by atoms with Gasteiger partial charge < -0.3 is 0 Å². The van der Waals surface area contributed by atoms with Crippen LogP contribution in [0.25, 0.3) is 0 Å². The van der Waals surface area contributed by atoms with Crippen LogP contribution in [0.2, 0.25) is 5.02 Å². The van der Waals surface area contributed by atoms with Crippen molar-refractivity contribution in [1.29, 1.82) is 0 Å². The van der Waals surface area contributed by atoms with Crippen LogP contribution in [0.3, 0.4) is 0 Å². The van der Waals surface area contributed by atoms with Crippen LogP contribution in [0.4, 0.5) is 4.39 Å². The monoisotopic (exact) mass is 253 g/mol. The fraction of sp³-hybridized carbons (Fsp3) is 0.182. The smallest absolute Gasteiger partial charge is 0.170 e.